The first-order valence-electron chi connectivity index (χ1n) is 1.04. The van der Waals surface area contributed by atoms with Crippen molar-refractivity contribution in [3.8, 4) is 0 Å². The van der Waals surface area contributed by atoms with Gasteiger partial charge in [0.25, 0.3) is 0 Å². The summed E-state index contributed by atoms with van der Waals surface area (Å²) < 4.78 is 10.6. The van der Waals surface area contributed by atoms with Crippen LogP contribution in [0.3, 0.4) is 0 Å². The molecule has 0 saturated heterocycles. The normalized spacial score (nSPS) is 27.9. The third kappa shape index (κ3) is 189. The van der Waals surface area contributed by atoms with Crippen molar-refractivity contribution < 1.29 is 17.6 Å². The van der Waals surface area contributed by atoms with Gasteiger partial charge in [-0.2, -0.15) is 0 Å². The summed E-state index contributed by atoms with van der Waals surface area (Å²) in [7, 11) is 27.3. The first kappa shape index (κ1) is 14.6. The second kappa shape index (κ2) is 1.25. The van der Waals surface area contributed by atoms with Gasteiger partial charge in [0.05, 0.1) is 0 Å². The molecule has 0 atom stereocenters. The number of hydrogen-bond donors (Lipinski definition) is 1. The second-order valence-electron chi connectivity index (χ2n) is 1.42. The van der Waals surface area contributed by atoms with Gasteiger partial charge in [-0.25, -0.2) is 0 Å². The van der Waals surface area contributed by atoms with E-state index in [-0.39, 0.29) is 5.48 Å². The quantitative estimate of drug-likeness (QED) is 0.610. The topological polar surface area (TPSA) is 68.8 Å². The molecule has 0 amide bonds. The van der Waals surface area contributed by atoms with Crippen LogP contribution in [0, 0.1) is 0 Å². The van der Waals surface area contributed by atoms with Crippen LogP contribution in [0.1, 0.15) is 0 Å². The van der Waals surface area contributed by atoms with Gasteiger partial charge in [-0.15, -0.1) is 0 Å². The fourth-order valence-corrected chi connectivity index (χ4v) is 0. The van der Waals surface area contributed by atoms with Crippen molar-refractivity contribution in [2.75, 3.05) is 0 Å². The van der Waals surface area contributed by atoms with Crippen LogP contribution in [0.25, 0.3) is 0 Å². The minimum atomic E-state index is -8.67. The van der Waals surface area contributed by atoms with Gasteiger partial charge >= 0.3 is 69.6 Å². The molecule has 0 heterocycles. The summed E-state index contributed by atoms with van der Waals surface area (Å²) >= 11 is 0. The summed E-state index contributed by atoms with van der Waals surface area (Å²) in [5.74, 6) is 0. The van der Waals surface area contributed by atoms with Gasteiger partial charge in [-0.3, -0.25) is 0 Å². The Kier molecular flexibility index (Phi) is 1.83. The van der Waals surface area contributed by atoms with Crippen LogP contribution in [0.15, 0.2) is 0 Å². The van der Waals surface area contributed by atoms with Gasteiger partial charge in [-0.05, 0) is 0 Å². The van der Waals surface area contributed by atoms with Gasteiger partial charge in [0, 0.05) is 0 Å². The molecule has 0 aliphatic carbocycles. The molecule has 0 spiro atoms. The van der Waals surface area contributed by atoms with E-state index in [2.05, 4.69) is 57.5 Å². The van der Waals surface area contributed by atoms with Crippen molar-refractivity contribution in [2.24, 2.45) is 0 Å². The Morgan fingerprint density at radius 2 is 0.900 bits per heavy atom. The van der Waals surface area contributed by atoms with Crippen molar-refractivity contribution in [3.63, 3.8) is 0 Å². The van der Waals surface area contributed by atoms with E-state index in [0.29, 0.717) is 0 Å². The summed E-state index contributed by atoms with van der Waals surface area (Å²) in [5, 5.41) is 0. The van der Waals surface area contributed by atoms with Crippen molar-refractivity contribution in [2.45, 2.75) is 0 Å². The molecule has 3 N–H and O–H groups in total. The van der Waals surface area contributed by atoms with Crippen molar-refractivity contribution in [1.29, 1.82) is 0 Å². The minimum absolute atomic E-state index is 0. The Bertz CT molecular complexity index is 240. The molecule has 0 unspecified atom stereocenters. The summed E-state index contributed by atoms with van der Waals surface area (Å²) in [6.45, 7) is 0. The number of hydrogen-bond acceptors (Lipinski definition) is 1. The molecule has 0 aromatic rings. The molecule has 72 valence electrons. The summed E-state index contributed by atoms with van der Waals surface area (Å²) in [5.41, 5.74) is 0. The maximum absolute atomic E-state index is 10.7. The third-order valence-corrected chi connectivity index (χ3v) is 0. The molecule has 0 fully saturated rings. The molecule has 0 aromatic heterocycles. The molecule has 0 aromatic carbocycles. The zero-order valence-electron chi connectivity index (χ0n) is 3.96. The standard InChI is InChI=1S/6ClH.Ir.2H2O.O/h6*1H;;2*1H2;/q;;;;;;+7;;;/p-7. The van der Waals surface area contributed by atoms with Crippen LogP contribution in [0.2, 0.25) is 0 Å². The van der Waals surface area contributed by atoms with Crippen LogP contribution in [0.4, 0.5) is 0 Å². The monoisotopic (exact) mass is 454 g/mol. The van der Waals surface area contributed by atoms with Gasteiger partial charge < -0.3 is 5.48 Å². The van der Waals surface area contributed by atoms with Crippen LogP contribution in [0.5, 0.6) is 0 Å². The number of rotatable bonds is 0. The molecule has 0 rings (SSSR count). The van der Waals surface area contributed by atoms with E-state index in [1.807, 2.05) is 0 Å². The van der Waals surface area contributed by atoms with Crippen LogP contribution < -0.4 is 0 Å². The molecule has 10 heavy (non-hydrogen) atoms. The zero-order valence-corrected chi connectivity index (χ0v) is 10.9. The second-order valence-corrected chi connectivity index (χ2v) is 69.0. The maximum atomic E-state index is 10.7. The molecule has 0 bridgehead atoms. The van der Waals surface area contributed by atoms with Crippen LogP contribution in [-0.4, -0.2) is 9.34 Å². The Balaban J connectivity index is 0. The van der Waals surface area contributed by atoms with E-state index >= 15 is 0 Å². The molecule has 0 radical (unpaired) electrons. The van der Waals surface area contributed by atoms with Gasteiger partial charge in [-0.1, -0.05) is 0 Å². The van der Waals surface area contributed by atoms with Gasteiger partial charge in [0.15, 0.2) is 0 Å². The SMILES string of the molecule is O.[O]=[Ir]([OH])([Cl])([Cl])([Cl])([Cl])([Cl])[Cl]. The first-order valence-corrected chi connectivity index (χ1v) is 20.9. The van der Waals surface area contributed by atoms with Crippen molar-refractivity contribution in [3.05, 3.63) is 0 Å². The Labute approximate surface area is 74.3 Å². The van der Waals surface area contributed by atoms with E-state index in [0.717, 1.165) is 0 Å². The average molecular weight is 456 g/mol. The number of halogens is 6. The Morgan fingerprint density at radius 3 is 0.900 bits per heavy atom. The Morgan fingerprint density at radius 1 is 0.900 bits per heavy atom. The summed E-state index contributed by atoms with van der Waals surface area (Å²) in [6, 6.07) is 0. The van der Waals surface area contributed by atoms with E-state index in [4.69, 9.17) is 3.86 Å². The zero-order chi connectivity index (χ0) is 8.35. The predicted molar refractivity (Wildman–Crippen MR) is 41.6 cm³/mol. The Hall–Kier alpha value is 2.11. The van der Waals surface area contributed by atoms with Crippen molar-refractivity contribution in [1.82, 2.24) is 0 Å². The van der Waals surface area contributed by atoms with Crippen LogP contribution in [-0.2, 0) is 8.22 Å². The molecule has 0 aliphatic heterocycles. The van der Waals surface area contributed by atoms with Crippen LogP contribution >= 0.6 is 57.5 Å². The fourth-order valence-electron chi connectivity index (χ4n) is 0. The third-order valence-electron chi connectivity index (χ3n) is 0. The molecule has 0 saturated carbocycles. The predicted octanol–water partition coefficient (Wildman–Crippen LogP) is 2.63. The molecule has 0 aliphatic rings. The van der Waals surface area contributed by atoms with E-state index < -0.39 is 4.72 Å². The summed E-state index contributed by atoms with van der Waals surface area (Å²) in [6.07, 6.45) is 0. The first-order chi connectivity index (χ1) is 2.83. The van der Waals surface area contributed by atoms with Gasteiger partial charge in [0.2, 0.25) is 0 Å². The van der Waals surface area contributed by atoms with Gasteiger partial charge in [0.1, 0.15) is 0 Å². The fraction of sp³-hybridized carbons (Fsp3) is 0. The molecular formula is H3Cl6IrO3. The van der Waals surface area contributed by atoms with E-state index in [9.17, 15) is 3.50 Å². The summed E-state index contributed by atoms with van der Waals surface area (Å²) in [4.78, 5) is 0. The molecular weight excluding hydrogens is 453 g/mol. The average Bonchev–Trinajstić information content (AvgIpc) is 0.503. The molecule has 3 nitrogen and oxygen atoms in total. The van der Waals surface area contributed by atoms with E-state index in [1.165, 1.54) is 0 Å². The molecule has 10 heteroatoms. The van der Waals surface area contributed by atoms with E-state index in [1.54, 1.807) is 0 Å². The van der Waals surface area contributed by atoms with Crippen molar-refractivity contribution >= 4 is 57.5 Å².